The molecule has 1 saturated heterocycles. The maximum Gasteiger partial charge on any atom is 0.287 e. The summed E-state index contributed by atoms with van der Waals surface area (Å²) in [6.07, 6.45) is 2.73. The fourth-order valence-electron chi connectivity index (χ4n) is 2.80. The lowest BCUT2D eigenvalue weighted by Gasteiger charge is -2.29. The molecule has 2 N–H and O–H groups in total. The second kappa shape index (κ2) is 7.37. The Morgan fingerprint density at radius 2 is 2.08 bits per heavy atom. The van der Waals surface area contributed by atoms with Gasteiger partial charge in [-0.05, 0) is 36.6 Å². The Kier molecular flexibility index (Phi) is 5.02. The number of nitro groups is 1. The minimum atomic E-state index is -0.465. The smallest absolute Gasteiger partial charge is 0.287 e. The summed E-state index contributed by atoms with van der Waals surface area (Å²) < 4.78 is 0. The van der Waals surface area contributed by atoms with Crippen molar-refractivity contribution in [1.29, 1.82) is 0 Å². The van der Waals surface area contributed by atoms with Crippen LogP contribution >= 0.6 is 0 Å². The van der Waals surface area contributed by atoms with Crippen molar-refractivity contribution in [2.24, 2.45) is 0 Å². The van der Waals surface area contributed by atoms with Gasteiger partial charge in [0.05, 0.1) is 11.0 Å². The molecule has 126 valence electrons. The Hall–Kier alpha value is -2.51. The predicted molar refractivity (Wildman–Crippen MR) is 91.1 cm³/mol. The summed E-state index contributed by atoms with van der Waals surface area (Å²) in [5.74, 6) is 0.568. The molecule has 1 aromatic carbocycles. The molecule has 1 fully saturated rings. The quantitative estimate of drug-likeness (QED) is 0.648. The molecule has 24 heavy (non-hydrogen) atoms. The van der Waals surface area contributed by atoms with E-state index >= 15 is 0 Å². The Bertz CT molecular complexity index is 697. The number of nitrogens with zero attached hydrogens (tertiary/aromatic N) is 3. The molecule has 3 rings (SSSR count). The third-order valence-corrected chi connectivity index (χ3v) is 4.12. The molecule has 0 aliphatic carbocycles. The summed E-state index contributed by atoms with van der Waals surface area (Å²) in [6, 6.07) is 11.1. The number of nitrogens with one attached hydrogen (secondary N) is 1. The molecular weight excluding hydrogens is 308 g/mol. The molecule has 1 aliphatic rings. The van der Waals surface area contributed by atoms with Gasteiger partial charge in [0, 0.05) is 31.4 Å². The van der Waals surface area contributed by atoms with E-state index in [9.17, 15) is 15.2 Å². The van der Waals surface area contributed by atoms with E-state index in [4.69, 9.17) is 0 Å². The largest absolute Gasteiger partial charge is 0.393 e. The molecule has 7 nitrogen and oxygen atoms in total. The zero-order valence-electron chi connectivity index (χ0n) is 13.3. The normalized spacial score (nSPS) is 16.0. The molecule has 7 heteroatoms. The van der Waals surface area contributed by atoms with Crippen LogP contribution in [0, 0.1) is 10.1 Å². The van der Waals surface area contributed by atoms with Crippen LogP contribution in [0.25, 0.3) is 0 Å². The van der Waals surface area contributed by atoms with E-state index in [1.54, 1.807) is 6.07 Å². The number of pyridine rings is 1. The highest BCUT2D eigenvalue weighted by Gasteiger charge is 2.16. The van der Waals surface area contributed by atoms with Gasteiger partial charge in [0.25, 0.3) is 5.69 Å². The van der Waals surface area contributed by atoms with Crippen molar-refractivity contribution in [2.45, 2.75) is 25.5 Å². The van der Waals surface area contributed by atoms with Gasteiger partial charge in [0.2, 0.25) is 0 Å². The molecular formula is C17H20N4O3. The van der Waals surface area contributed by atoms with Crippen LogP contribution in [0.15, 0.2) is 42.6 Å². The number of benzene rings is 1. The van der Waals surface area contributed by atoms with Crippen molar-refractivity contribution in [2.75, 3.05) is 18.4 Å². The van der Waals surface area contributed by atoms with Crippen molar-refractivity contribution in [1.82, 2.24) is 9.88 Å². The van der Waals surface area contributed by atoms with Gasteiger partial charge in [-0.2, -0.15) is 0 Å². The van der Waals surface area contributed by atoms with Crippen LogP contribution in [0.1, 0.15) is 18.4 Å². The number of aliphatic hydroxyl groups is 1. The van der Waals surface area contributed by atoms with Crippen LogP contribution in [0.5, 0.6) is 0 Å². The van der Waals surface area contributed by atoms with Crippen LogP contribution in [0.4, 0.5) is 17.2 Å². The number of hydrogen-bond donors (Lipinski definition) is 2. The minimum Gasteiger partial charge on any atom is -0.393 e. The van der Waals surface area contributed by atoms with E-state index in [1.807, 2.05) is 18.2 Å². The lowest BCUT2D eigenvalue weighted by molar-refractivity contribution is -0.385. The molecule has 0 atom stereocenters. The first-order valence-corrected chi connectivity index (χ1v) is 7.97. The number of likely N-dealkylation sites (tertiary alicyclic amines) is 1. The number of anilines is 2. The fourth-order valence-corrected chi connectivity index (χ4v) is 2.80. The monoisotopic (exact) mass is 328 g/mol. The van der Waals surface area contributed by atoms with Gasteiger partial charge in [-0.15, -0.1) is 0 Å². The fraction of sp³-hybridized carbons (Fsp3) is 0.353. The predicted octanol–water partition coefficient (Wildman–Crippen LogP) is 2.69. The summed E-state index contributed by atoms with van der Waals surface area (Å²) in [5, 5.41) is 23.4. The van der Waals surface area contributed by atoms with Crippen molar-refractivity contribution in [3.05, 3.63) is 58.3 Å². The molecule has 0 amide bonds. The Balaban J connectivity index is 1.63. The van der Waals surface area contributed by atoms with Gasteiger partial charge in [-0.25, -0.2) is 4.98 Å². The summed E-state index contributed by atoms with van der Waals surface area (Å²) >= 11 is 0. The molecule has 1 aromatic heterocycles. The van der Waals surface area contributed by atoms with Crippen LogP contribution in [-0.2, 0) is 6.54 Å². The number of aliphatic hydroxyl groups excluding tert-OH is 1. The van der Waals surface area contributed by atoms with Gasteiger partial charge in [0.1, 0.15) is 12.0 Å². The highest BCUT2D eigenvalue weighted by Crippen LogP contribution is 2.20. The molecule has 0 spiro atoms. The van der Waals surface area contributed by atoms with E-state index in [0.29, 0.717) is 5.82 Å². The van der Waals surface area contributed by atoms with Crippen LogP contribution in [-0.4, -0.2) is 39.1 Å². The van der Waals surface area contributed by atoms with Crippen LogP contribution in [0.2, 0.25) is 0 Å². The highest BCUT2D eigenvalue weighted by molar-refractivity contribution is 5.57. The first-order valence-electron chi connectivity index (χ1n) is 7.97. The zero-order chi connectivity index (χ0) is 16.9. The van der Waals surface area contributed by atoms with Crippen LogP contribution < -0.4 is 5.32 Å². The van der Waals surface area contributed by atoms with Gasteiger partial charge in [-0.3, -0.25) is 15.0 Å². The first kappa shape index (κ1) is 16.4. The second-order valence-electron chi connectivity index (χ2n) is 5.99. The molecule has 0 unspecified atom stereocenters. The number of hydrogen-bond acceptors (Lipinski definition) is 6. The molecule has 2 aromatic rings. The molecule has 0 saturated carbocycles. The average Bonchev–Trinajstić information content (AvgIpc) is 2.58. The van der Waals surface area contributed by atoms with E-state index in [2.05, 4.69) is 21.3 Å². The van der Waals surface area contributed by atoms with E-state index in [1.165, 1.54) is 17.8 Å². The van der Waals surface area contributed by atoms with Gasteiger partial charge >= 0.3 is 0 Å². The Labute approximate surface area is 140 Å². The number of piperidine rings is 1. The van der Waals surface area contributed by atoms with Gasteiger partial charge in [-0.1, -0.05) is 12.1 Å². The van der Waals surface area contributed by atoms with Gasteiger partial charge < -0.3 is 10.4 Å². The van der Waals surface area contributed by atoms with Crippen LogP contribution in [0.3, 0.4) is 0 Å². The van der Waals surface area contributed by atoms with Gasteiger partial charge in [0.15, 0.2) is 0 Å². The average molecular weight is 328 g/mol. The van der Waals surface area contributed by atoms with Crippen molar-refractivity contribution < 1.29 is 10.0 Å². The summed E-state index contributed by atoms with van der Waals surface area (Å²) in [6.45, 7) is 2.65. The maximum atomic E-state index is 10.6. The summed E-state index contributed by atoms with van der Waals surface area (Å²) in [5.41, 5.74) is 2.05. The Morgan fingerprint density at radius 3 is 2.75 bits per heavy atom. The van der Waals surface area contributed by atoms with E-state index in [-0.39, 0.29) is 11.8 Å². The van der Waals surface area contributed by atoms with Crippen molar-refractivity contribution in [3.63, 3.8) is 0 Å². The topological polar surface area (TPSA) is 91.5 Å². The molecule has 0 bridgehead atoms. The lowest BCUT2D eigenvalue weighted by atomic mass is 10.1. The number of rotatable bonds is 5. The Morgan fingerprint density at radius 1 is 1.29 bits per heavy atom. The van der Waals surface area contributed by atoms with E-state index in [0.717, 1.165) is 38.2 Å². The van der Waals surface area contributed by atoms with Crippen molar-refractivity contribution >= 4 is 17.2 Å². The summed E-state index contributed by atoms with van der Waals surface area (Å²) in [4.78, 5) is 16.6. The third kappa shape index (κ3) is 4.27. The lowest BCUT2D eigenvalue weighted by Crippen LogP contribution is -2.35. The van der Waals surface area contributed by atoms with Crippen molar-refractivity contribution in [3.8, 4) is 0 Å². The summed E-state index contributed by atoms with van der Waals surface area (Å²) in [7, 11) is 0. The first-order chi connectivity index (χ1) is 11.6. The highest BCUT2D eigenvalue weighted by atomic mass is 16.6. The maximum absolute atomic E-state index is 10.6. The molecule has 1 aliphatic heterocycles. The molecule has 2 heterocycles. The standard InChI is InChI=1S/C17H20N4O3/c22-16-6-8-20(9-7-16)12-13-2-1-3-14(10-13)19-17-5-4-15(11-18-17)21(23)24/h1-5,10-11,16,22H,6-9,12H2,(H,18,19). The molecule has 0 radical (unpaired) electrons. The zero-order valence-corrected chi connectivity index (χ0v) is 13.3. The minimum absolute atomic E-state index is 0.0263. The third-order valence-electron chi connectivity index (χ3n) is 4.12. The second-order valence-corrected chi connectivity index (χ2v) is 5.99. The number of aromatic nitrogens is 1. The SMILES string of the molecule is O=[N+]([O-])c1ccc(Nc2cccc(CN3CCC(O)CC3)c2)nc1. The van der Waals surface area contributed by atoms with E-state index < -0.39 is 4.92 Å².